The number of ether oxygens (including phenoxy) is 2. The summed E-state index contributed by atoms with van der Waals surface area (Å²) in [5, 5.41) is 7.60. The number of nitrogens with two attached hydrogens (primary N) is 1. The number of primary amides is 1. The third-order valence-corrected chi connectivity index (χ3v) is 1.75. The van der Waals surface area contributed by atoms with Gasteiger partial charge in [-0.1, -0.05) is 6.58 Å². The van der Waals surface area contributed by atoms with Gasteiger partial charge in [0.15, 0.2) is 0 Å². The maximum absolute atomic E-state index is 10.5. The van der Waals surface area contributed by atoms with Gasteiger partial charge >= 0.3 is 18.0 Å². The summed E-state index contributed by atoms with van der Waals surface area (Å²) in [4.78, 5) is 29.3. The van der Waals surface area contributed by atoms with E-state index in [-0.39, 0.29) is 5.97 Å². The molecule has 0 aromatic rings. The Bertz CT molecular complexity index is 280. The van der Waals surface area contributed by atoms with Crippen LogP contribution in [0.25, 0.3) is 0 Å². The molecule has 0 bridgehead atoms. The number of carboxylic acid groups (broad SMARTS) is 1. The lowest BCUT2D eigenvalue weighted by atomic mass is 10.2. The van der Waals surface area contributed by atoms with E-state index in [1.807, 2.05) is 0 Å². The Kier molecular flexibility index (Phi) is 14.2. The predicted molar refractivity (Wildman–Crippen MR) is 68.5 cm³/mol. The van der Waals surface area contributed by atoms with E-state index in [0.717, 1.165) is 25.3 Å². The van der Waals surface area contributed by atoms with Crippen LogP contribution in [0.3, 0.4) is 0 Å². The van der Waals surface area contributed by atoms with E-state index in [9.17, 15) is 14.4 Å². The van der Waals surface area contributed by atoms with Crippen molar-refractivity contribution in [2.45, 2.75) is 32.6 Å². The van der Waals surface area contributed by atoms with E-state index in [1.165, 1.54) is 0 Å². The van der Waals surface area contributed by atoms with E-state index in [0.29, 0.717) is 19.6 Å². The first-order valence-corrected chi connectivity index (χ1v) is 5.87. The molecule has 0 spiro atoms. The first-order valence-electron chi connectivity index (χ1n) is 5.87. The first kappa shape index (κ1) is 19.3. The summed E-state index contributed by atoms with van der Waals surface area (Å²) < 4.78 is 8.94. The van der Waals surface area contributed by atoms with E-state index >= 15 is 0 Å². The summed E-state index contributed by atoms with van der Waals surface area (Å²) in [6.07, 6.45) is 3.95. The second kappa shape index (κ2) is 14.0. The van der Waals surface area contributed by atoms with Crippen LogP contribution in [0, 0.1) is 0 Å². The summed E-state index contributed by atoms with van der Waals surface area (Å²) in [5.74, 6) is -1.01. The molecule has 1 aliphatic heterocycles. The Morgan fingerprint density at radius 2 is 2.05 bits per heavy atom. The quantitative estimate of drug-likeness (QED) is 0.582. The van der Waals surface area contributed by atoms with Crippen LogP contribution >= 0.6 is 0 Å². The van der Waals surface area contributed by atoms with Crippen molar-refractivity contribution >= 4 is 18.0 Å². The highest BCUT2D eigenvalue weighted by Gasteiger charge is 2.05. The van der Waals surface area contributed by atoms with Crippen LogP contribution in [0.2, 0.25) is 0 Å². The monoisotopic (exact) mass is 275 g/mol. The fourth-order valence-electron chi connectivity index (χ4n) is 0.949. The molecule has 7 heteroatoms. The minimum Gasteiger partial charge on any atom is -0.478 e. The van der Waals surface area contributed by atoms with Gasteiger partial charge in [-0.05, 0) is 26.2 Å². The molecule has 1 aliphatic rings. The van der Waals surface area contributed by atoms with Crippen molar-refractivity contribution in [2.24, 2.45) is 5.73 Å². The van der Waals surface area contributed by atoms with Gasteiger partial charge in [-0.25, -0.2) is 9.59 Å². The third kappa shape index (κ3) is 21.7. The van der Waals surface area contributed by atoms with E-state index in [2.05, 4.69) is 17.0 Å². The van der Waals surface area contributed by atoms with Gasteiger partial charge in [0.25, 0.3) is 0 Å². The van der Waals surface area contributed by atoms with Gasteiger partial charge in [0.1, 0.15) is 0 Å². The standard InChI is InChI=1S/C6H10O2.C3H7NO2.C3H4O2/c7-6-4-2-1-3-5-8-6;1-2-6-3(4)5;1-2-3(4)5/h1-5H2;2H2,1H3,(H2,4,5);2H,1H2,(H,4,5). The average Bonchev–Trinajstić information content (AvgIpc) is 2.58. The van der Waals surface area contributed by atoms with Crippen LogP contribution in [0.4, 0.5) is 4.79 Å². The Morgan fingerprint density at radius 3 is 2.42 bits per heavy atom. The lowest BCUT2D eigenvalue weighted by Gasteiger charge is -1.93. The average molecular weight is 275 g/mol. The highest BCUT2D eigenvalue weighted by Crippen LogP contribution is 2.06. The molecule has 19 heavy (non-hydrogen) atoms. The lowest BCUT2D eigenvalue weighted by Crippen LogP contribution is -2.11. The molecule has 1 rings (SSSR count). The molecule has 0 unspecified atom stereocenters. The number of carboxylic acids is 1. The molecule has 0 aromatic carbocycles. The van der Waals surface area contributed by atoms with Crippen molar-refractivity contribution in [2.75, 3.05) is 13.2 Å². The molecule has 0 aromatic heterocycles. The summed E-state index contributed by atoms with van der Waals surface area (Å²) in [6.45, 7) is 5.65. The zero-order chi connectivity index (χ0) is 15.1. The van der Waals surface area contributed by atoms with Gasteiger partial charge in [-0.3, -0.25) is 4.79 Å². The topological polar surface area (TPSA) is 116 Å². The number of rotatable bonds is 2. The maximum atomic E-state index is 10.5. The van der Waals surface area contributed by atoms with Crippen molar-refractivity contribution in [3.8, 4) is 0 Å². The Balaban J connectivity index is 0. The van der Waals surface area contributed by atoms with E-state index in [4.69, 9.17) is 9.84 Å². The molecule has 0 aliphatic carbocycles. The van der Waals surface area contributed by atoms with Gasteiger partial charge in [-0.15, -0.1) is 0 Å². The Hall–Kier alpha value is -2.05. The van der Waals surface area contributed by atoms with Gasteiger partial charge in [0.05, 0.1) is 13.2 Å². The predicted octanol–water partition coefficient (Wildman–Crippen LogP) is 1.46. The number of aliphatic carboxylic acids is 1. The maximum Gasteiger partial charge on any atom is 0.404 e. The smallest absolute Gasteiger partial charge is 0.404 e. The molecular weight excluding hydrogens is 254 g/mol. The summed E-state index contributed by atoms with van der Waals surface area (Å²) >= 11 is 0. The lowest BCUT2D eigenvalue weighted by molar-refractivity contribution is -0.142. The number of hydrogen-bond donors (Lipinski definition) is 2. The van der Waals surface area contributed by atoms with Crippen molar-refractivity contribution in [1.82, 2.24) is 0 Å². The minimum atomic E-state index is -0.981. The van der Waals surface area contributed by atoms with Gasteiger partial charge in [-0.2, -0.15) is 0 Å². The zero-order valence-corrected chi connectivity index (χ0v) is 11.1. The normalized spacial score (nSPS) is 13.2. The SMILES string of the molecule is C=CC(=O)O.CCOC(N)=O.O=C1CCCCCO1. The highest BCUT2D eigenvalue weighted by molar-refractivity contribution is 5.78. The minimum absolute atomic E-state index is 0.0255. The number of carbonyl (C=O) groups excluding carboxylic acids is 2. The molecule has 0 radical (unpaired) electrons. The largest absolute Gasteiger partial charge is 0.478 e. The molecule has 0 atom stereocenters. The summed E-state index contributed by atoms with van der Waals surface area (Å²) in [7, 11) is 0. The molecule has 7 nitrogen and oxygen atoms in total. The number of amides is 1. The second-order valence-electron chi connectivity index (χ2n) is 3.33. The van der Waals surface area contributed by atoms with Crippen molar-refractivity contribution in [3.05, 3.63) is 12.7 Å². The number of esters is 1. The van der Waals surface area contributed by atoms with Crippen LogP contribution in [0.5, 0.6) is 0 Å². The van der Waals surface area contributed by atoms with Crippen LogP contribution in [0.15, 0.2) is 12.7 Å². The van der Waals surface area contributed by atoms with Crippen molar-refractivity contribution in [3.63, 3.8) is 0 Å². The van der Waals surface area contributed by atoms with Crippen molar-refractivity contribution < 1.29 is 29.0 Å². The van der Waals surface area contributed by atoms with Crippen LogP contribution in [0.1, 0.15) is 32.6 Å². The summed E-state index contributed by atoms with van der Waals surface area (Å²) in [6, 6.07) is 0. The molecular formula is C12H21NO6. The fourth-order valence-corrected chi connectivity index (χ4v) is 0.949. The molecule has 1 amide bonds. The summed E-state index contributed by atoms with van der Waals surface area (Å²) in [5.41, 5.74) is 4.54. The molecule has 1 heterocycles. The van der Waals surface area contributed by atoms with Gasteiger partial charge in [0, 0.05) is 12.5 Å². The van der Waals surface area contributed by atoms with Crippen molar-refractivity contribution in [1.29, 1.82) is 0 Å². The van der Waals surface area contributed by atoms with E-state index in [1.54, 1.807) is 6.92 Å². The number of carbonyl (C=O) groups is 3. The van der Waals surface area contributed by atoms with Crippen LogP contribution in [-0.4, -0.2) is 36.4 Å². The fraction of sp³-hybridized carbons (Fsp3) is 0.583. The van der Waals surface area contributed by atoms with Gasteiger partial charge in [0.2, 0.25) is 0 Å². The zero-order valence-electron chi connectivity index (χ0n) is 11.1. The third-order valence-electron chi connectivity index (χ3n) is 1.75. The molecule has 1 saturated heterocycles. The molecule has 3 N–H and O–H groups in total. The number of hydrogen-bond acceptors (Lipinski definition) is 5. The Morgan fingerprint density at radius 1 is 1.47 bits per heavy atom. The second-order valence-corrected chi connectivity index (χ2v) is 3.33. The van der Waals surface area contributed by atoms with E-state index < -0.39 is 12.1 Å². The number of cyclic esters (lactones) is 1. The highest BCUT2D eigenvalue weighted by atomic mass is 16.5. The Labute approximate surface area is 112 Å². The molecule has 1 fully saturated rings. The van der Waals surface area contributed by atoms with Gasteiger partial charge < -0.3 is 20.3 Å². The molecule has 110 valence electrons. The van der Waals surface area contributed by atoms with Crippen LogP contribution < -0.4 is 5.73 Å². The first-order chi connectivity index (χ1) is 8.93. The molecule has 0 saturated carbocycles. The van der Waals surface area contributed by atoms with Crippen LogP contribution in [-0.2, 0) is 19.1 Å².